The van der Waals surface area contributed by atoms with Gasteiger partial charge in [0.2, 0.25) is 5.91 Å². The number of amides is 3. The fraction of sp³-hybridized carbons (Fsp3) is 0.727. The second kappa shape index (κ2) is 6.93. The van der Waals surface area contributed by atoms with Crippen LogP contribution in [-0.2, 0) is 9.59 Å². The predicted molar refractivity (Wildman–Crippen MR) is 65.5 cm³/mol. The minimum Gasteiger partial charge on any atom is -0.480 e. The Bertz CT molecular complexity index is 360. The van der Waals surface area contributed by atoms with Crippen LogP contribution in [0.2, 0.25) is 0 Å². The Kier molecular flexibility index (Phi) is 5.56. The van der Waals surface area contributed by atoms with Crippen LogP contribution < -0.4 is 5.32 Å². The Balaban J connectivity index is 2.60. The maximum atomic E-state index is 11.9. The Labute approximate surface area is 111 Å². The lowest BCUT2D eigenvalue weighted by Gasteiger charge is -2.22. The van der Waals surface area contributed by atoms with Crippen LogP contribution in [0.25, 0.3) is 0 Å². The third-order valence-corrected chi connectivity index (χ3v) is 2.97. The number of carboxylic acid groups (broad SMARTS) is 1. The van der Waals surface area contributed by atoms with Gasteiger partial charge in [0.15, 0.2) is 0 Å². The highest BCUT2D eigenvalue weighted by molar-refractivity contribution is 5.86. The molecule has 1 aliphatic rings. The van der Waals surface area contributed by atoms with Crippen molar-refractivity contribution in [3.05, 3.63) is 0 Å². The molecule has 1 fully saturated rings. The number of rotatable bonds is 4. The summed E-state index contributed by atoms with van der Waals surface area (Å²) in [5.74, 6) is -1.39. The Morgan fingerprint density at radius 3 is 2.68 bits per heavy atom. The van der Waals surface area contributed by atoms with Crippen LogP contribution in [0, 0.1) is 0 Å². The summed E-state index contributed by atoms with van der Waals surface area (Å²) in [6, 6.07) is -1.74. The summed E-state index contributed by atoms with van der Waals surface area (Å²) >= 11 is 0. The van der Waals surface area contributed by atoms with Crippen LogP contribution >= 0.6 is 0 Å². The number of nitrogens with zero attached hydrogens (tertiary/aromatic N) is 2. The maximum absolute atomic E-state index is 11.9. The number of hydrogen-bond acceptors (Lipinski definition) is 4. The minimum atomic E-state index is -1.21. The van der Waals surface area contributed by atoms with E-state index in [2.05, 4.69) is 5.32 Å². The zero-order valence-electron chi connectivity index (χ0n) is 10.8. The number of aliphatic hydroxyl groups excluding tert-OH is 1. The van der Waals surface area contributed by atoms with Crippen molar-refractivity contribution in [2.75, 3.05) is 33.3 Å². The van der Waals surface area contributed by atoms with Gasteiger partial charge in [0.25, 0.3) is 0 Å². The van der Waals surface area contributed by atoms with Gasteiger partial charge in [0, 0.05) is 33.2 Å². The monoisotopic (exact) mass is 273 g/mol. The minimum absolute atomic E-state index is 0.0617. The first kappa shape index (κ1) is 15.2. The molecule has 0 aromatic carbocycles. The fourth-order valence-corrected chi connectivity index (χ4v) is 1.79. The van der Waals surface area contributed by atoms with E-state index in [1.807, 2.05) is 0 Å². The number of likely N-dealkylation sites (N-methyl/N-ethyl adjacent to an activating group) is 1. The molecular weight excluding hydrogens is 254 g/mol. The van der Waals surface area contributed by atoms with Crippen LogP contribution in [-0.4, -0.2) is 77.3 Å². The molecule has 1 aliphatic heterocycles. The summed E-state index contributed by atoms with van der Waals surface area (Å²) in [7, 11) is 1.66. The van der Waals surface area contributed by atoms with Crippen LogP contribution in [0.1, 0.15) is 12.8 Å². The maximum Gasteiger partial charge on any atom is 0.326 e. The second-order valence-corrected chi connectivity index (χ2v) is 4.44. The first-order chi connectivity index (χ1) is 8.95. The third-order valence-electron chi connectivity index (χ3n) is 2.97. The first-order valence-electron chi connectivity index (χ1n) is 6.08. The lowest BCUT2D eigenvalue weighted by atomic mass is 10.2. The number of nitrogens with one attached hydrogen (secondary N) is 1. The molecule has 0 radical (unpaired) electrons. The van der Waals surface area contributed by atoms with E-state index in [0.29, 0.717) is 19.5 Å². The number of carbonyl (C=O) groups excluding carboxylic acids is 2. The topological polar surface area (TPSA) is 110 Å². The highest BCUT2D eigenvalue weighted by Crippen LogP contribution is 2.04. The average Bonchev–Trinajstić information content (AvgIpc) is 2.51. The van der Waals surface area contributed by atoms with Crippen molar-refractivity contribution >= 4 is 17.9 Å². The molecule has 1 saturated heterocycles. The highest BCUT2D eigenvalue weighted by atomic mass is 16.4. The molecule has 1 rings (SSSR count). The van der Waals surface area contributed by atoms with Gasteiger partial charge in [-0.1, -0.05) is 0 Å². The van der Waals surface area contributed by atoms with Crippen molar-refractivity contribution in [2.45, 2.75) is 18.9 Å². The first-order valence-corrected chi connectivity index (χ1v) is 6.08. The SMILES string of the molecule is CN1CCCN(C(=O)N[C@H](CCO)C(=O)O)CC1=O. The normalized spacial score (nSPS) is 17.9. The number of urea groups is 1. The molecule has 3 N–H and O–H groups in total. The second-order valence-electron chi connectivity index (χ2n) is 4.44. The largest absolute Gasteiger partial charge is 0.480 e. The molecule has 1 atom stereocenters. The number of aliphatic carboxylic acids is 1. The van der Waals surface area contributed by atoms with Crippen molar-refractivity contribution < 1.29 is 24.6 Å². The molecule has 8 nitrogen and oxygen atoms in total. The number of carbonyl (C=O) groups is 3. The van der Waals surface area contributed by atoms with Gasteiger partial charge in [0.05, 0.1) is 0 Å². The van der Waals surface area contributed by atoms with Gasteiger partial charge in [0.1, 0.15) is 12.6 Å². The van der Waals surface area contributed by atoms with Crippen molar-refractivity contribution in [3.63, 3.8) is 0 Å². The lowest BCUT2D eigenvalue weighted by Crippen LogP contribution is -2.49. The molecule has 108 valence electrons. The van der Waals surface area contributed by atoms with Gasteiger partial charge in [-0.2, -0.15) is 0 Å². The summed E-state index contributed by atoms with van der Waals surface area (Å²) < 4.78 is 0. The van der Waals surface area contributed by atoms with Crippen LogP contribution in [0.5, 0.6) is 0 Å². The van der Waals surface area contributed by atoms with E-state index in [4.69, 9.17) is 10.2 Å². The number of aliphatic hydroxyl groups is 1. The fourth-order valence-electron chi connectivity index (χ4n) is 1.79. The summed E-state index contributed by atoms with van der Waals surface area (Å²) in [6.45, 7) is 0.571. The van der Waals surface area contributed by atoms with Crippen molar-refractivity contribution in [1.29, 1.82) is 0 Å². The van der Waals surface area contributed by atoms with E-state index < -0.39 is 18.0 Å². The molecular formula is C11H19N3O5. The van der Waals surface area contributed by atoms with Crippen molar-refractivity contribution in [1.82, 2.24) is 15.1 Å². The van der Waals surface area contributed by atoms with E-state index in [1.165, 1.54) is 9.80 Å². The predicted octanol–water partition coefficient (Wildman–Crippen LogP) is -1.30. The molecule has 19 heavy (non-hydrogen) atoms. The Morgan fingerprint density at radius 2 is 2.11 bits per heavy atom. The Morgan fingerprint density at radius 1 is 1.42 bits per heavy atom. The van der Waals surface area contributed by atoms with Crippen LogP contribution in [0.15, 0.2) is 0 Å². The Hall–Kier alpha value is -1.83. The summed E-state index contributed by atoms with van der Waals surface area (Å²) in [4.78, 5) is 37.2. The third kappa shape index (κ3) is 4.40. The van der Waals surface area contributed by atoms with Gasteiger partial charge in [-0.15, -0.1) is 0 Å². The van der Waals surface area contributed by atoms with Gasteiger partial charge in [-0.3, -0.25) is 4.79 Å². The van der Waals surface area contributed by atoms with E-state index in [-0.39, 0.29) is 25.5 Å². The number of hydrogen-bond donors (Lipinski definition) is 3. The molecule has 0 aliphatic carbocycles. The molecule has 0 spiro atoms. The van der Waals surface area contributed by atoms with Gasteiger partial charge >= 0.3 is 12.0 Å². The molecule has 0 aromatic heterocycles. The molecule has 0 bridgehead atoms. The van der Waals surface area contributed by atoms with E-state index in [1.54, 1.807) is 7.05 Å². The average molecular weight is 273 g/mol. The summed E-state index contributed by atoms with van der Waals surface area (Å²) in [5.41, 5.74) is 0. The number of carboxylic acids is 1. The standard InChI is InChI=1S/C11H19N3O5/c1-13-4-2-5-14(7-9(13)16)11(19)12-8(3-6-15)10(17)18/h8,15H,2-7H2,1H3,(H,12,19)(H,17,18)/t8-/m1/s1. The van der Waals surface area contributed by atoms with Crippen molar-refractivity contribution in [3.8, 4) is 0 Å². The zero-order valence-corrected chi connectivity index (χ0v) is 10.8. The molecule has 0 aromatic rings. The van der Waals surface area contributed by atoms with E-state index >= 15 is 0 Å². The molecule has 1 heterocycles. The molecule has 3 amide bonds. The highest BCUT2D eigenvalue weighted by Gasteiger charge is 2.26. The van der Waals surface area contributed by atoms with Crippen molar-refractivity contribution in [2.24, 2.45) is 0 Å². The lowest BCUT2D eigenvalue weighted by molar-refractivity contribution is -0.139. The van der Waals surface area contributed by atoms with E-state index in [0.717, 1.165) is 0 Å². The molecule has 0 saturated carbocycles. The molecule has 0 unspecified atom stereocenters. The summed E-state index contributed by atoms with van der Waals surface area (Å²) in [5, 5.41) is 19.9. The van der Waals surface area contributed by atoms with Gasteiger partial charge in [-0.25, -0.2) is 9.59 Å². The zero-order chi connectivity index (χ0) is 14.4. The quantitative estimate of drug-likeness (QED) is 0.589. The van der Waals surface area contributed by atoms with Gasteiger partial charge < -0.3 is 25.3 Å². The van der Waals surface area contributed by atoms with Crippen LogP contribution in [0.3, 0.4) is 0 Å². The smallest absolute Gasteiger partial charge is 0.326 e. The molecule has 8 heteroatoms. The van der Waals surface area contributed by atoms with Crippen LogP contribution in [0.4, 0.5) is 4.79 Å². The van der Waals surface area contributed by atoms with Gasteiger partial charge in [-0.05, 0) is 6.42 Å². The van der Waals surface area contributed by atoms with E-state index in [9.17, 15) is 14.4 Å². The summed E-state index contributed by atoms with van der Waals surface area (Å²) in [6.07, 6.45) is 0.580.